The van der Waals surface area contributed by atoms with Gasteiger partial charge in [-0.1, -0.05) is 12.1 Å². The molecule has 0 atom stereocenters. The van der Waals surface area contributed by atoms with Crippen LogP contribution >= 0.6 is 11.6 Å². The van der Waals surface area contributed by atoms with Crippen molar-refractivity contribution in [2.24, 2.45) is 0 Å². The summed E-state index contributed by atoms with van der Waals surface area (Å²) < 4.78 is 5.50. The minimum absolute atomic E-state index is 0.0372. The molecule has 0 heterocycles. The Kier molecular flexibility index (Phi) is 8.36. The average molecular weight is 327 g/mol. The molecule has 2 N–H and O–H groups in total. The van der Waals surface area contributed by atoms with Crippen molar-refractivity contribution in [2.75, 3.05) is 25.6 Å². The standard InChI is InChI=1S/C16H23ClN2O3/c1-12-5-3-6-14(13(12)2)22-11-16(21)19-10-9-18-15(20)7-4-8-17/h3,5-6H,4,7-11H2,1-2H3,(H,18,20)(H,19,21). The summed E-state index contributed by atoms with van der Waals surface area (Å²) in [7, 11) is 0. The van der Waals surface area contributed by atoms with Gasteiger partial charge in [0.15, 0.2) is 6.61 Å². The normalized spacial score (nSPS) is 10.1. The molecule has 22 heavy (non-hydrogen) atoms. The van der Waals surface area contributed by atoms with Crippen molar-refractivity contribution in [3.63, 3.8) is 0 Å². The quantitative estimate of drug-likeness (QED) is 0.538. The first-order valence-corrected chi connectivity index (χ1v) is 7.86. The lowest BCUT2D eigenvalue weighted by molar-refractivity contribution is -0.124. The van der Waals surface area contributed by atoms with E-state index in [9.17, 15) is 9.59 Å². The molecule has 0 bridgehead atoms. The monoisotopic (exact) mass is 326 g/mol. The van der Waals surface area contributed by atoms with Crippen LogP contribution in [0.2, 0.25) is 0 Å². The van der Waals surface area contributed by atoms with Crippen LogP contribution in [-0.2, 0) is 9.59 Å². The third-order valence-electron chi connectivity index (χ3n) is 3.22. The molecule has 1 aromatic rings. The highest BCUT2D eigenvalue weighted by Crippen LogP contribution is 2.20. The molecule has 0 fully saturated rings. The van der Waals surface area contributed by atoms with Crippen LogP contribution in [0.15, 0.2) is 18.2 Å². The van der Waals surface area contributed by atoms with Crippen molar-refractivity contribution in [3.8, 4) is 5.75 Å². The summed E-state index contributed by atoms with van der Waals surface area (Å²) in [5, 5.41) is 5.40. The maximum Gasteiger partial charge on any atom is 0.258 e. The van der Waals surface area contributed by atoms with Gasteiger partial charge in [-0.25, -0.2) is 0 Å². The number of nitrogens with one attached hydrogen (secondary N) is 2. The molecule has 0 unspecified atom stereocenters. The molecule has 122 valence electrons. The maximum absolute atomic E-state index is 11.7. The third kappa shape index (κ3) is 6.80. The van der Waals surface area contributed by atoms with E-state index in [2.05, 4.69) is 10.6 Å². The maximum atomic E-state index is 11.7. The van der Waals surface area contributed by atoms with Crippen molar-refractivity contribution < 1.29 is 14.3 Å². The van der Waals surface area contributed by atoms with Crippen LogP contribution in [0.1, 0.15) is 24.0 Å². The summed E-state index contributed by atoms with van der Waals surface area (Å²) in [6.45, 7) is 4.69. The molecule has 2 amide bonds. The van der Waals surface area contributed by atoms with E-state index in [1.807, 2.05) is 32.0 Å². The SMILES string of the molecule is Cc1cccc(OCC(=O)NCCNC(=O)CCCCl)c1C. The summed E-state index contributed by atoms with van der Waals surface area (Å²) in [6, 6.07) is 5.73. The minimum atomic E-state index is -0.212. The number of benzene rings is 1. The second-order valence-corrected chi connectivity index (χ2v) is 5.36. The zero-order valence-corrected chi connectivity index (χ0v) is 13.8. The summed E-state index contributed by atoms with van der Waals surface area (Å²) >= 11 is 5.50. The van der Waals surface area contributed by atoms with Gasteiger partial charge in [0.05, 0.1) is 0 Å². The Morgan fingerprint density at radius 2 is 1.82 bits per heavy atom. The number of halogens is 1. The topological polar surface area (TPSA) is 67.4 Å². The van der Waals surface area contributed by atoms with Crippen molar-refractivity contribution in [1.29, 1.82) is 0 Å². The predicted octanol–water partition coefficient (Wildman–Crippen LogP) is 1.93. The predicted molar refractivity (Wildman–Crippen MR) is 87.4 cm³/mol. The highest BCUT2D eigenvalue weighted by molar-refractivity contribution is 6.17. The van der Waals surface area contributed by atoms with Gasteiger partial charge in [-0.05, 0) is 37.5 Å². The van der Waals surface area contributed by atoms with Crippen LogP contribution < -0.4 is 15.4 Å². The van der Waals surface area contributed by atoms with E-state index in [1.165, 1.54) is 0 Å². The van der Waals surface area contributed by atoms with Gasteiger partial charge >= 0.3 is 0 Å². The highest BCUT2D eigenvalue weighted by atomic mass is 35.5. The first-order chi connectivity index (χ1) is 10.5. The molecule has 0 aliphatic rings. The third-order valence-corrected chi connectivity index (χ3v) is 3.49. The van der Waals surface area contributed by atoms with Crippen LogP contribution in [0.3, 0.4) is 0 Å². The van der Waals surface area contributed by atoms with Crippen LogP contribution in [0.25, 0.3) is 0 Å². The molecule has 1 aromatic carbocycles. The molecule has 5 nitrogen and oxygen atoms in total. The number of alkyl halides is 1. The number of hydrogen-bond donors (Lipinski definition) is 2. The Morgan fingerprint density at radius 3 is 2.50 bits per heavy atom. The number of hydrogen-bond acceptors (Lipinski definition) is 3. The van der Waals surface area contributed by atoms with Crippen molar-refractivity contribution in [1.82, 2.24) is 10.6 Å². The lowest BCUT2D eigenvalue weighted by atomic mass is 10.1. The van der Waals surface area contributed by atoms with Gasteiger partial charge < -0.3 is 15.4 Å². The fourth-order valence-electron chi connectivity index (χ4n) is 1.79. The fourth-order valence-corrected chi connectivity index (χ4v) is 1.93. The first-order valence-electron chi connectivity index (χ1n) is 7.33. The molecular weight excluding hydrogens is 304 g/mol. The Hall–Kier alpha value is -1.75. The van der Waals surface area contributed by atoms with Gasteiger partial charge in [-0.15, -0.1) is 11.6 Å². The molecule has 6 heteroatoms. The number of aryl methyl sites for hydroxylation is 1. The summed E-state index contributed by atoms with van der Waals surface area (Å²) in [5.41, 5.74) is 2.15. The van der Waals surface area contributed by atoms with Gasteiger partial charge in [0.1, 0.15) is 5.75 Å². The number of carbonyl (C=O) groups is 2. The van der Waals surface area contributed by atoms with E-state index in [0.717, 1.165) is 11.1 Å². The molecule has 0 aliphatic heterocycles. The lowest BCUT2D eigenvalue weighted by Crippen LogP contribution is -2.36. The number of carbonyl (C=O) groups excluding carboxylic acids is 2. The molecular formula is C16H23ClN2O3. The zero-order chi connectivity index (χ0) is 16.4. The number of ether oxygens (including phenoxy) is 1. The van der Waals surface area contributed by atoms with E-state index in [-0.39, 0.29) is 18.4 Å². The zero-order valence-electron chi connectivity index (χ0n) is 13.1. The van der Waals surface area contributed by atoms with Gasteiger partial charge in [0, 0.05) is 25.4 Å². The minimum Gasteiger partial charge on any atom is -0.483 e. The summed E-state index contributed by atoms with van der Waals surface area (Å²) in [4.78, 5) is 23.0. The van der Waals surface area contributed by atoms with Crippen molar-refractivity contribution in [3.05, 3.63) is 29.3 Å². The summed E-state index contributed by atoms with van der Waals surface area (Å²) in [6.07, 6.45) is 1.07. The Morgan fingerprint density at radius 1 is 1.14 bits per heavy atom. The largest absolute Gasteiger partial charge is 0.483 e. The highest BCUT2D eigenvalue weighted by Gasteiger charge is 2.06. The second kappa shape index (κ2) is 10.1. The van der Waals surface area contributed by atoms with Crippen LogP contribution in [-0.4, -0.2) is 37.4 Å². The van der Waals surface area contributed by atoms with Gasteiger partial charge in [-0.2, -0.15) is 0 Å². The van der Waals surface area contributed by atoms with E-state index >= 15 is 0 Å². The molecule has 0 aromatic heterocycles. The van der Waals surface area contributed by atoms with E-state index in [4.69, 9.17) is 16.3 Å². The molecule has 0 saturated heterocycles. The van der Waals surface area contributed by atoms with Crippen LogP contribution in [0, 0.1) is 13.8 Å². The Bertz CT molecular complexity index is 506. The van der Waals surface area contributed by atoms with E-state index in [1.54, 1.807) is 0 Å². The Balaban J connectivity index is 2.19. The van der Waals surface area contributed by atoms with Crippen molar-refractivity contribution >= 4 is 23.4 Å². The molecule has 1 rings (SSSR count). The lowest BCUT2D eigenvalue weighted by Gasteiger charge is -2.11. The van der Waals surface area contributed by atoms with Crippen LogP contribution in [0.4, 0.5) is 0 Å². The molecule has 0 spiro atoms. The van der Waals surface area contributed by atoms with Gasteiger partial charge in [-0.3, -0.25) is 9.59 Å². The first kappa shape index (κ1) is 18.3. The number of amides is 2. The average Bonchev–Trinajstić information content (AvgIpc) is 2.51. The van der Waals surface area contributed by atoms with E-state index in [0.29, 0.717) is 37.6 Å². The molecule has 0 saturated carbocycles. The van der Waals surface area contributed by atoms with Gasteiger partial charge in [0.2, 0.25) is 5.91 Å². The Labute approximate surface area is 136 Å². The molecule has 0 aliphatic carbocycles. The van der Waals surface area contributed by atoms with Gasteiger partial charge in [0.25, 0.3) is 5.91 Å². The second-order valence-electron chi connectivity index (χ2n) is 4.98. The molecule has 0 radical (unpaired) electrons. The van der Waals surface area contributed by atoms with Crippen LogP contribution in [0.5, 0.6) is 5.75 Å². The fraction of sp³-hybridized carbons (Fsp3) is 0.500. The smallest absolute Gasteiger partial charge is 0.258 e. The number of rotatable bonds is 9. The van der Waals surface area contributed by atoms with E-state index < -0.39 is 0 Å². The van der Waals surface area contributed by atoms with Crippen molar-refractivity contribution in [2.45, 2.75) is 26.7 Å². The summed E-state index contributed by atoms with van der Waals surface area (Å²) in [5.74, 6) is 0.918.